The molecule has 27 heavy (non-hydrogen) atoms. The number of aryl methyl sites for hydroxylation is 1. The molecule has 0 N–H and O–H groups in total. The fourth-order valence-electron chi connectivity index (χ4n) is 3.62. The Kier molecular flexibility index (Phi) is 4.81. The van der Waals surface area contributed by atoms with Crippen LogP contribution in [0, 0.1) is 6.92 Å². The zero-order valence-corrected chi connectivity index (χ0v) is 15.9. The Hall–Kier alpha value is -2.50. The number of benzene rings is 2. The summed E-state index contributed by atoms with van der Waals surface area (Å²) >= 11 is 0. The smallest absolute Gasteiger partial charge is 0.231 e. The second-order valence-electron chi connectivity index (χ2n) is 6.70. The zero-order chi connectivity index (χ0) is 17.5. The highest BCUT2D eigenvalue weighted by Gasteiger charge is 2.17. The highest BCUT2D eigenvalue weighted by Crippen LogP contribution is 2.37. The summed E-state index contributed by atoms with van der Waals surface area (Å²) in [6.45, 7) is 5.81. The summed E-state index contributed by atoms with van der Waals surface area (Å²) in [7, 11) is 0. The monoisotopic (exact) mass is 384 g/mol. The lowest BCUT2D eigenvalue weighted by molar-refractivity contribution is 0.122. The molecule has 3 heterocycles. The van der Waals surface area contributed by atoms with E-state index in [-0.39, 0.29) is 19.2 Å². The highest BCUT2D eigenvalue weighted by molar-refractivity contribution is 5.88. The topological polar surface area (TPSA) is 43.8 Å². The van der Waals surface area contributed by atoms with Gasteiger partial charge < -0.3 is 19.1 Å². The van der Waals surface area contributed by atoms with E-state index in [4.69, 9.17) is 19.2 Å². The van der Waals surface area contributed by atoms with Gasteiger partial charge in [0.1, 0.15) is 0 Å². The minimum Gasteiger partial charge on any atom is -0.454 e. The minimum atomic E-state index is 0. The molecule has 0 unspecified atom stereocenters. The minimum absolute atomic E-state index is 0. The zero-order valence-electron chi connectivity index (χ0n) is 15.1. The van der Waals surface area contributed by atoms with Gasteiger partial charge in [0.15, 0.2) is 11.5 Å². The van der Waals surface area contributed by atoms with E-state index in [1.54, 1.807) is 0 Å². The number of hydrogen-bond donors (Lipinski definition) is 0. The normalized spacial score (nSPS) is 15.7. The molecule has 1 saturated heterocycles. The van der Waals surface area contributed by atoms with Crippen LogP contribution in [0.5, 0.6) is 11.5 Å². The van der Waals surface area contributed by atoms with Crippen molar-refractivity contribution >= 4 is 29.0 Å². The highest BCUT2D eigenvalue weighted by atomic mass is 35.5. The van der Waals surface area contributed by atoms with E-state index in [1.165, 1.54) is 11.3 Å². The van der Waals surface area contributed by atoms with Crippen molar-refractivity contribution in [3.8, 4) is 22.8 Å². The molecule has 5 rings (SSSR count). The van der Waals surface area contributed by atoms with Gasteiger partial charge >= 0.3 is 0 Å². The molecule has 0 radical (unpaired) electrons. The molecule has 6 heteroatoms. The molecule has 0 atom stereocenters. The predicted molar refractivity (Wildman–Crippen MR) is 108 cm³/mol. The van der Waals surface area contributed by atoms with Crippen molar-refractivity contribution in [2.75, 3.05) is 38.0 Å². The van der Waals surface area contributed by atoms with E-state index >= 15 is 0 Å². The largest absolute Gasteiger partial charge is 0.454 e. The van der Waals surface area contributed by atoms with Crippen LogP contribution >= 0.6 is 12.4 Å². The van der Waals surface area contributed by atoms with Gasteiger partial charge in [-0.1, -0.05) is 12.1 Å². The van der Waals surface area contributed by atoms with Crippen molar-refractivity contribution in [3.63, 3.8) is 0 Å². The number of morpholine rings is 1. The third-order valence-corrected chi connectivity index (χ3v) is 5.03. The number of pyridine rings is 1. The van der Waals surface area contributed by atoms with Gasteiger partial charge in [0.05, 0.1) is 24.4 Å². The van der Waals surface area contributed by atoms with Crippen LogP contribution in [0.25, 0.3) is 22.2 Å². The molecule has 1 fully saturated rings. The number of hydrogen-bond acceptors (Lipinski definition) is 5. The first-order valence-corrected chi connectivity index (χ1v) is 8.92. The molecule has 140 valence electrons. The lowest BCUT2D eigenvalue weighted by atomic mass is 10.0. The third-order valence-electron chi connectivity index (χ3n) is 5.03. The molecule has 0 aliphatic carbocycles. The summed E-state index contributed by atoms with van der Waals surface area (Å²) in [4.78, 5) is 7.25. The van der Waals surface area contributed by atoms with Crippen molar-refractivity contribution in [3.05, 3.63) is 48.0 Å². The Morgan fingerprint density at radius 1 is 0.963 bits per heavy atom. The second-order valence-corrected chi connectivity index (χ2v) is 6.70. The van der Waals surface area contributed by atoms with Gasteiger partial charge in [-0.3, -0.25) is 0 Å². The number of anilines is 1. The first-order valence-electron chi connectivity index (χ1n) is 8.92. The van der Waals surface area contributed by atoms with Gasteiger partial charge in [0, 0.05) is 35.8 Å². The first kappa shape index (κ1) is 17.9. The van der Waals surface area contributed by atoms with Gasteiger partial charge in [0.2, 0.25) is 6.79 Å². The summed E-state index contributed by atoms with van der Waals surface area (Å²) in [6, 6.07) is 14.7. The number of nitrogens with zero attached hydrogens (tertiary/aromatic N) is 2. The van der Waals surface area contributed by atoms with Gasteiger partial charge in [-0.2, -0.15) is 0 Å². The molecule has 0 bridgehead atoms. The van der Waals surface area contributed by atoms with Crippen molar-refractivity contribution in [1.82, 2.24) is 4.98 Å². The molecular formula is C21H21ClN2O3. The summed E-state index contributed by atoms with van der Waals surface area (Å²) < 4.78 is 16.5. The van der Waals surface area contributed by atoms with E-state index in [1.807, 2.05) is 12.1 Å². The number of aromatic nitrogens is 1. The molecule has 3 aromatic rings. The Labute approximate surface area is 164 Å². The molecule has 5 nitrogen and oxygen atoms in total. The van der Waals surface area contributed by atoms with Crippen molar-refractivity contribution in [1.29, 1.82) is 0 Å². The molecule has 1 aromatic heterocycles. The fourth-order valence-corrected chi connectivity index (χ4v) is 3.62. The van der Waals surface area contributed by atoms with Crippen LogP contribution < -0.4 is 14.4 Å². The van der Waals surface area contributed by atoms with E-state index in [9.17, 15) is 0 Å². The predicted octanol–water partition coefficient (Wildman–Crippen LogP) is 4.20. The van der Waals surface area contributed by atoms with Crippen LogP contribution in [-0.4, -0.2) is 38.1 Å². The maximum atomic E-state index is 5.51. The molecular weight excluding hydrogens is 364 g/mol. The van der Waals surface area contributed by atoms with Crippen LogP contribution in [0.15, 0.2) is 42.5 Å². The standard InChI is InChI=1S/C21H20N2O3.ClH/c1-14-9-18(22-19-12-21-20(11-17(14)19)25-13-26-21)15-3-2-4-16(10-15)23-5-7-24-8-6-23;/h2-4,9-12H,5-8,13H2,1H3;1H. The van der Waals surface area contributed by atoms with E-state index in [0.717, 1.165) is 60.0 Å². The number of fused-ring (bicyclic) bond motifs is 2. The van der Waals surface area contributed by atoms with Crippen LogP contribution in [0.3, 0.4) is 0 Å². The van der Waals surface area contributed by atoms with Gasteiger partial charge in [0.25, 0.3) is 0 Å². The van der Waals surface area contributed by atoms with Gasteiger partial charge in [-0.25, -0.2) is 4.98 Å². The summed E-state index contributed by atoms with van der Waals surface area (Å²) in [5, 5.41) is 1.10. The Balaban J connectivity index is 0.00000180. The fraction of sp³-hybridized carbons (Fsp3) is 0.286. The van der Waals surface area contributed by atoms with Crippen molar-refractivity contribution in [2.24, 2.45) is 0 Å². The maximum absolute atomic E-state index is 5.51. The average molecular weight is 385 g/mol. The van der Waals surface area contributed by atoms with E-state index in [2.05, 4.69) is 42.2 Å². The van der Waals surface area contributed by atoms with Crippen LogP contribution in [0.1, 0.15) is 5.56 Å². The van der Waals surface area contributed by atoms with E-state index < -0.39 is 0 Å². The summed E-state index contributed by atoms with van der Waals surface area (Å²) in [6.07, 6.45) is 0. The Morgan fingerprint density at radius 2 is 1.74 bits per heavy atom. The van der Waals surface area contributed by atoms with Crippen molar-refractivity contribution < 1.29 is 14.2 Å². The number of rotatable bonds is 2. The van der Waals surface area contributed by atoms with E-state index in [0.29, 0.717) is 0 Å². The van der Waals surface area contributed by atoms with Gasteiger partial charge in [-0.15, -0.1) is 12.4 Å². The summed E-state index contributed by atoms with van der Waals surface area (Å²) in [5.41, 5.74) is 5.43. The molecule has 0 spiro atoms. The Bertz CT molecular complexity index is 987. The molecule has 2 aliphatic rings. The van der Waals surface area contributed by atoms with Crippen LogP contribution in [0.4, 0.5) is 5.69 Å². The average Bonchev–Trinajstić information content (AvgIpc) is 3.15. The van der Waals surface area contributed by atoms with Gasteiger partial charge in [-0.05, 0) is 36.8 Å². The maximum Gasteiger partial charge on any atom is 0.231 e. The number of ether oxygens (including phenoxy) is 3. The lowest BCUT2D eigenvalue weighted by Gasteiger charge is -2.29. The number of halogens is 1. The quantitative estimate of drug-likeness (QED) is 0.662. The SMILES string of the molecule is Cc1cc(-c2cccc(N3CCOCC3)c2)nc2cc3c(cc12)OCO3.Cl. The molecule has 2 aromatic carbocycles. The molecule has 0 saturated carbocycles. The van der Waals surface area contributed by atoms with Crippen molar-refractivity contribution in [2.45, 2.75) is 6.92 Å². The third kappa shape index (κ3) is 3.29. The second kappa shape index (κ2) is 7.25. The Morgan fingerprint density at radius 3 is 2.56 bits per heavy atom. The molecule has 2 aliphatic heterocycles. The molecule has 0 amide bonds. The van der Waals surface area contributed by atoms with Crippen LogP contribution in [0.2, 0.25) is 0 Å². The van der Waals surface area contributed by atoms with Crippen LogP contribution in [-0.2, 0) is 4.74 Å². The first-order chi connectivity index (χ1) is 12.8. The lowest BCUT2D eigenvalue weighted by Crippen LogP contribution is -2.36. The summed E-state index contributed by atoms with van der Waals surface area (Å²) in [5.74, 6) is 1.56.